The summed E-state index contributed by atoms with van der Waals surface area (Å²) < 4.78 is 5.07. The molecule has 0 aromatic heterocycles. The molecule has 0 aromatic rings. The number of nitrogens with two attached hydrogens (primary N) is 1. The Morgan fingerprint density at radius 3 is 2.85 bits per heavy atom. The van der Waals surface area contributed by atoms with E-state index in [0.29, 0.717) is 6.61 Å². The molecule has 2 N–H and O–H groups in total. The van der Waals surface area contributed by atoms with E-state index in [-0.39, 0.29) is 0 Å². The van der Waals surface area contributed by atoms with Gasteiger partial charge >= 0.3 is 0 Å². The molecule has 0 unspecified atom stereocenters. The van der Waals surface area contributed by atoms with Crippen LogP contribution in [-0.4, -0.2) is 20.3 Å². The molecule has 0 fully saturated rings. The summed E-state index contributed by atoms with van der Waals surface area (Å²) in [4.78, 5) is 0. The van der Waals surface area contributed by atoms with E-state index in [0.717, 1.165) is 25.8 Å². The Hall–Kier alpha value is -0.780. The van der Waals surface area contributed by atoms with Crippen molar-refractivity contribution < 1.29 is 4.74 Å². The summed E-state index contributed by atoms with van der Waals surface area (Å²) in [5, 5.41) is 0. The zero-order chi connectivity index (χ0) is 9.94. The topological polar surface area (TPSA) is 35.2 Å². The minimum atomic E-state index is 0.700. The van der Waals surface area contributed by atoms with Crippen LogP contribution in [0.5, 0.6) is 0 Å². The highest BCUT2D eigenvalue weighted by atomic mass is 16.5. The van der Waals surface area contributed by atoms with Crippen molar-refractivity contribution >= 4 is 0 Å². The largest absolute Gasteiger partial charge is 0.380 e. The highest BCUT2D eigenvalue weighted by Gasteiger charge is 1.94. The lowest BCUT2D eigenvalue weighted by molar-refractivity contribution is 0.222. The fourth-order valence-corrected chi connectivity index (χ4v) is 1.05. The predicted molar refractivity (Wildman–Crippen MR) is 56.3 cm³/mol. The van der Waals surface area contributed by atoms with Crippen LogP contribution in [0.15, 0.2) is 11.6 Å². The highest BCUT2D eigenvalue weighted by molar-refractivity contribution is 5.09. The molecule has 0 atom stereocenters. The third kappa shape index (κ3) is 7.58. The van der Waals surface area contributed by atoms with Crippen molar-refractivity contribution in [1.29, 1.82) is 0 Å². The van der Waals surface area contributed by atoms with Gasteiger partial charge in [0.15, 0.2) is 0 Å². The molecule has 0 aromatic carbocycles. The highest BCUT2D eigenvalue weighted by Crippen LogP contribution is 2.05. The quantitative estimate of drug-likeness (QED) is 0.500. The molecular formula is C11H19NO. The van der Waals surface area contributed by atoms with Crippen molar-refractivity contribution in [2.24, 2.45) is 5.73 Å². The number of rotatable bonds is 6. The summed E-state index contributed by atoms with van der Waals surface area (Å²) >= 11 is 0. The molecule has 0 amide bonds. The standard InChI is InChI=1S/C11H19NO/c1-3-4-5-7-11(10-13-2)8-6-9-12/h7H,5-6,8-10,12H2,1-2H3. The second-order valence-electron chi connectivity index (χ2n) is 2.82. The summed E-state index contributed by atoms with van der Waals surface area (Å²) in [6.45, 7) is 3.29. The molecule has 0 saturated carbocycles. The fourth-order valence-electron chi connectivity index (χ4n) is 1.05. The minimum Gasteiger partial charge on any atom is -0.380 e. The first kappa shape index (κ1) is 12.2. The summed E-state index contributed by atoms with van der Waals surface area (Å²) in [7, 11) is 1.71. The van der Waals surface area contributed by atoms with Gasteiger partial charge in [-0.05, 0) is 31.9 Å². The summed E-state index contributed by atoms with van der Waals surface area (Å²) in [5.74, 6) is 5.86. The number of hydrogen-bond donors (Lipinski definition) is 1. The van der Waals surface area contributed by atoms with E-state index < -0.39 is 0 Å². The van der Waals surface area contributed by atoms with Crippen LogP contribution < -0.4 is 5.73 Å². The molecule has 0 bridgehead atoms. The van der Waals surface area contributed by atoms with Gasteiger partial charge in [0.05, 0.1) is 6.61 Å². The molecule has 0 aliphatic rings. The van der Waals surface area contributed by atoms with E-state index in [4.69, 9.17) is 10.5 Å². The van der Waals surface area contributed by atoms with Crippen molar-refractivity contribution in [1.82, 2.24) is 0 Å². The average molecular weight is 181 g/mol. The minimum absolute atomic E-state index is 0.700. The zero-order valence-corrected chi connectivity index (χ0v) is 8.60. The average Bonchev–Trinajstić information content (AvgIpc) is 2.14. The van der Waals surface area contributed by atoms with Gasteiger partial charge in [-0.2, -0.15) is 0 Å². The van der Waals surface area contributed by atoms with E-state index in [1.54, 1.807) is 7.11 Å². The third-order valence-electron chi connectivity index (χ3n) is 1.70. The molecule has 0 aliphatic carbocycles. The fraction of sp³-hybridized carbons (Fsp3) is 0.636. The lowest BCUT2D eigenvalue weighted by Gasteiger charge is -2.04. The number of ether oxygens (including phenoxy) is 1. The van der Waals surface area contributed by atoms with Crippen LogP contribution in [0.25, 0.3) is 0 Å². The van der Waals surface area contributed by atoms with Gasteiger partial charge in [-0.15, -0.1) is 5.92 Å². The van der Waals surface area contributed by atoms with Crippen molar-refractivity contribution in [3.05, 3.63) is 11.6 Å². The smallest absolute Gasteiger partial charge is 0.0673 e. The number of hydrogen-bond acceptors (Lipinski definition) is 2. The Morgan fingerprint density at radius 1 is 1.54 bits per heavy atom. The summed E-state index contributed by atoms with van der Waals surface area (Å²) in [6, 6.07) is 0. The molecule has 0 rings (SSSR count). The maximum Gasteiger partial charge on any atom is 0.0673 e. The van der Waals surface area contributed by atoms with Gasteiger partial charge in [0.25, 0.3) is 0 Å². The number of methoxy groups -OCH3 is 1. The van der Waals surface area contributed by atoms with Crippen LogP contribution in [0, 0.1) is 11.8 Å². The molecule has 2 nitrogen and oxygen atoms in total. The van der Waals surface area contributed by atoms with E-state index >= 15 is 0 Å². The third-order valence-corrected chi connectivity index (χ3v) is 1.70. The molecule has 0 heterocycles. The Labute approximate surface area is 81.2 Å². The van der Waals surface area contributed by atoms with Crippen LogP contribution in [-0.2, 0) is 4.74 Å². The SMILES string of the molecule is CC#CCC=C(CCCN)COC. The first-order valence-corrected chi connectivity index (χ1v) is 4.61. The van der Waals surface area contributed by atoms with E-state index in [2.05, 4.69) is 17.9 Å². The Bertz CT molecular complexity index is 198. The maximum absolute atomic E-state index is 5.43. The van der Waals surface area contributed by atoms with Gasteiger partial charge in [-0.25, -0.2) is 0 Å². The summed E-state index contributed by atoms with van der Waals surface area (Å²) in [5.41, 5.74) is 6.73. The summed E-state index contributed by atoms with van der Waals surface area (Å²) in [6.07, 6.45) is 5.00. The lowest BCUT2D eigenvalue weighted by atomic mass is 10.1. The molecule has 0 aliphatic heterocycles. The molecule has 0 saturated heterocycles. The Kier molecular flexibility index (Phi) is 8.75. The first-order valence-electron chi connectivity index (χ1n) is 4.61. The Balaban J connectivity index is 3.87. The molecular weight excluding hydrogens is 162 g/mol. The van der Waals surface area contributed by atoms with Gasteiger partial charge in [-0.3, -0.25) is 0 Å². The van der Waals surface area contributed by atoms with Crippen molar-refractivity contribution in [3.8, 4) is 11.8 Å². The maximum atomic E-state index is 5.43. The van der Waals surface area contributed by atoms with Crippen LogP contribution in [0.1, 0.15) is 26.2 Å². The normalized spacial score (nSPS) is 10.8. The zero-order valence-electron chi connectivity index (χ0n) is 8.60. The lowest BCUT2D eigenvalue weighted by Crippen LogP contribution is -2.01. The molecule has 2 heteroatoms. The second-order valence-corrected chi connectivity index (χ2v) is 2.82. The van der Waals surface area contributed by atoms with Gasteiger partial charge in [-0.1, -0.05) is 12.0 Å². The van der Waals surface area contributed by atoms with E-state index in [1.165, 1.54) is 5.57 Å². The van der Waals surface area contributed by atoms with Crippen LogP contribution in [0.2, 0.25) is 0 Å². The monoisotopic (exact) mass is 181 g/mol. The molecule has 74 valence electrons. The molecule has 0 spiro atoms. The molecule has 13 heavy (non-hydrogen) atoms. The molecule has 0 radical (unpaired) electrons. The first-order chi connectivity index (χ1) is 6.35. The van der Waals surface area contributed by atoms with Gasteiger partial charge in [0.2, 0.25) is 0 Å². The van der Waals surface area contributed by atoms with Crippen molar-refractivity contribution in [3.63, 3.8) is 0 Å². The van der Waals surface area contributed by atoms with Crippen molar-refractivity contribution in [2.75, 3.05) is 20.3 Å². The van der Waals surface area contributed by atoms with E-state index in [1.807, 2.05) is 6.92 Å². The van der Waals surface area contributed by atoms with Gasteiger partial charge < -0.3 is 10.5 Å². The van der Waals surface area contributed by atoms with Crippen molar-refractivity contribution in [2.45, 2.75) is 26.2 Å². The Morgan fingerprint density at radius 2 is 2.31 bits per heavy atom. The van der Waals surface area contributed by atoms with E-state index in [9.17, 15) is 0 Å². The van der Waals surface area contributed by atoms with Crippen LogP contribution in [0.4, 0.5) is 0 Å². The van der Waals surface area contributed by atoms with Crippen LogP contribution in [0.3, 0.4) is 0 Å². The second kappa shape index (κ2) is 9.31. The van der Waals surface area contributed by atoms with Crippen LogP contribution >= 0.6 is 0 Å². The van der Waals surface area contributed by atoms with Gasteiger partial charge in [0.1, 0.15) is 0 Å². The number of allylic oxidation sites excluding steroid dienone is 1. The predicted octanol–water partition coefficient (Wildman–Crippen LogP) is 1.71. The van der Waals surface area contributed by atoms with Gasteiger partial charge in [0, 0.05) is 13.5 Å².